The second kappa shape index (κ2) is 4.35. The summed E-state index contributed by atoms with van der Waals surface area (Å²) in [5.74, 6) is -0.393. The van der Waals surface area contributed by atoms with Crippen LogP contribution in [0.2, 0.25) is 5.02 Å². The number of benzene rings is 1. The molecule has 0 spiro atoms. The van der Waals surface area contributed by atoms with Gasteiger partial charge in [-0.05, 0) is 24.6 Å². The van der Waals surface area contributed by atoms with Gasteiger partial charge in [0.2, 0.25) is 11.8 Å². The van der Waals surface area contributed by atoms with Crippen molar-refractivity contribution in [3.05, 3.63) is 22.7 Å². The highest BCUT2D eigenvalue weighted by Gasteiger charge is 2.20. The molecule has 90 valence electrons. The highest BCUT2D eigenvalue weighted by atomic mass is 35.5. The number of carbonyl (C=O) groups is 2. The number of rotatable bonds is 2. The Bertz CT molecular complexity index is 500. The molecule has 0 fully saturated rings. The zero-order valence-corrected chi connectivity index (χ0v) is 9.97. The molecule has 1 aromatic carbocycles. The summed E-state index contributed by atoms with van der Waals surface area (Å²) in [5.41, 5.74) is 7.44. The number of carbonyl (C=O) groups excluding carboxylic acids is 2. The molecule has 1 atom stereocenters. The van der Waals surface area contributed by atoms with E-state index in [4.69, 9.17) is 17.3 Å². The molecule has 17 heavy (non-hydrogen) atoms. The van der Waals surface area contributed by atoms with Gasteiger partial charge in [-0.2, -0.15) is 0 Å². The third-order valence-electron chi connectivity index (χ3n) is 2.49. The largest absolute Gasteiger partial charge is 0.325 e. The smallest absolute Gasteiger partial charge is 0.241 e. The average Bonchev–Trinajstić information content (AvgIpc) is 2.57. The van der Waals surface area contributed by atoms with Crippen molar-refractivity contribution in [3.63, 3.8) is 0 Å². The predicted octanol–water partition coefficient (Wildman–Crippen LogP) is 1.12. The van der Waals surface area contributed by atoms with Crippen molar-refractivity contribution in [2.45, 2.75) is 19.4 Å². The molecule has 2 amide bonds. The van der Waals surface area contributed by atoms with Crippen molar-refractivity contribution in [1.82, 2.24) is 0 Å². The third-order valence-corrected chi connectivity index (χ3v) is 2.80. The predicted molar refractivity (Wildman–Crippen MR) is 66.1 cm³/mol. The standard InChI is InChI=1S/C11H12ClN3O2/c1-5(13)11(17)15-9-2-6-3-10(16)14-8(6)4-7(9)12/h2,4-5H,3,13H2,1H3,(H,14,16)(H,15,17). The van der Waals surface area contributed by atoms with Crippen molar-refractivity contribution in [1.29, 1.82) is 0 Å². The molecule has 0 saturated carbocycles. The molecule has 0 bridgehead atoms. The molecule has 1 unspecified atom stereocenters. The number of hydrogen-bond donors (Lipinski definition) is 3. The lowest BCUT2D eigenvalue weighted by atomic mass is 10.1. The first-order valence-corrected chi connectivity index (χ1v) is 5.54. The summed E-state index contributed by atoms with van der Waals surface area (Å²) < 4.78 is 0. The van der Waals surface area contributed by atoms with Gasteiger partial charge in [0.15, 0.2) is 0 Å². The van der Waals surface area contributed by atoms with Crippen LogP contribution in [-0.4, -0.2) is 17.9 Å². The molecule has 0 aliphatic carbocycles. The van der Waals surface area contributed by atoms with Crippen molar-refractivity contribution < 1.29 is 9.59 Å². The zero-order chi connectivity index (χ0) is 12.6. The fourth-order valence-electron chi connectivity index (χ4n) is 1.59. The molecule has 0 aromatic heterocycles. The van der Waals surface area contributed by atoms with Gasteiger partial charge in [0, 0.05) is 5.69 Å². The van der Waals surface area contributed by atoms with E-state index < -0.39 is 6.04 Å². The molecule has 2 rings (SSSR count). The van der Waals surface area contributed by atoms with E-state index in [1.165, 1.54) is 0 Å². The molecule has 0 radical (unpaired) electrons. The maximum absolute atomic E-state index is 11.5. The van der Waals surface area contributed by atoms with Crippen LogP contribution in [0, 0.1) is 0 Å². The van der Waals surface area contributed by atoms with Gasteiger partial charge in [-0.1, -0.05) is 11.6 Å². The van der Waals surface area contributed by atoms with Crippen LogP contribution < -0.4 is 16.4 Å². The lowest BCUT2D eigenvalue weighted by Crippen LogP contribution is -2.32. The maximum Gasteiger partial charge on any atom is 0.241 e. The Kier molecular flexibility index (Phi) is 3.04. The van der Waals surface area contributed by atoms with Crippen LogP contribution in [-0.2, 0) is 16.0 Å². The van der Waals surface area contributed by atoms with Crippen LogP contribution in [0.5, 0.6) is 0 Å². The second-order valence-corrected chi connectivity index (χ2v) is 4.40. The fourth-order valence-corrected chi connectivity index (χ4v) is 1.80. The first-order valence-electron chi connectivity index (χ1n) is 5.16. The van der Waals surface area contributed by atoms with Crippen LogP contribution >= 0.6 is 11.6 Å². The first kappa shape index (κ1) is 11.9. The SMILES string of the molecule is CC(N)C(=O)Nc1cc2c(cc1Cl)NC(=O)C2. The molecule has 1 aliphatic heterocycles. The zero-order valence-electron chi connectivity index (χ0n) is 9.21. The number of nitrogens with one attached hydrogen (secondary N) is 2. The summed E-state index contributed by atoms with van der Waals surface area (Å²) in [5, 5.41) is 5.67. The molecule has 1 aromatic rings. The van der Waals surface area contributed by atoms with E-state index in [0.29, 0.717) is 22.8 Å². The van der Waals surface area contributed by atoms with Crippen molar-refractivity contribution in [2.75, 3.05) is 10.6 Å². The number of nitrogens with two attached hydrogens (primary N) is 1. The van der Waals surface area contributed by atoms with E-state index >= 15 is 0 Å². The van der Waals surface area contributed by atoms with Gasteiger partial charge in [0.05, 0.1) is 23.2 Å². The Morgan fingerprint density at radius 1 is 1.59 bits per heavy atom. The van der Waals surface area contributed by atoms with Gasteiger partial charge in [-0.15, -0.1) is 0 Å². The maximum atomic E-state index is 11.5. The summed E-state index contributed by atoms with van der Waals surface area (Å²) in [6.07, 6.45) is 0.299. The minimum absolute atomic E-state index is 0.0771. The molecule has 5 nitrogen and oxygen atoms in total. The molecule has 4 N–H and O–H groups in total. The Hall–Kier alpha value is -1.59. The average molecular weight is 254 g/mol. The van der Waals surface area contributed by atoms with E-state index in [1.54, 1.807) is 19.1 Å². The number of hydrogen-bond acceptors (Lipinski definition) is 3. The molecule has 1 aliphatic rings. The number of fused-ring (bicyclic) bond motifs is 1. The minimum Gasteiger partial charge on any atom is -0.325 e. The van der Waals surface area contributed by atoms with Gasteiger partial charge >= 0.3 is 0 Å². The van der Waals surface area contributed by atoms with Crippen LogP contribution in [0.4, 0.5) is 11.4 Å². The first-order chi connectivity index (χ1) is 7.97. The second-order valence-electron chi connectivity index (χ2n) is 3.99. The molecule has 6 heteroatoms. The summed E-state index contributed by atoms with van der Waals surface area (Å²) in [4.78, 5) is 22.6. The molecule has 1 heterocycles. The summed E-state index contributed by atoms with van der Waals surface area (Å²) >= 11 is 6.00. The Balaban J connectivity index is 2.28. The Labute approximate surface area is 103 Å². The third kappa shape index (κ3) is 2.40. The Morgan fingerprint density at radius 2 is 2.29 bits per heavy atom. The van der Waals surface area contributed by atoms with Crippen LogP contribution in [0.1, 0.15) is 12.5 Å². The molecular weight excluding hydrogens is 242 g/mol. The van der Waals surface area contributed by atoms with E-state index in [0.717, 1.165) is 5.56 Å². The van der Waals surface area contributed by atoms with Gasteiger partial charge in [0.25, 0.3) is 0 Å². The van der Waals surface area contributed by atoms with Gasteiger partial charge in [0.1, 0.15) is 0 Å². The lowest BCUT2D eigenvalue weighted by molar-refractivity contribution is -0.117. The highest BCUT2D eigenvalue weighted by molar-refractivity contribution is 6.34. The number of halogens is 1. The topological polar surface area (TPSA) is 84.2 Å². The minimum atomic E-state index is -0.612. The van der Waals surface area contributed by atoms with Crippen molar-refractivity contribution >= 4 is 34.8 Å². The quantitative estimate of drug-likeness (QED) is 0.738. The van der Waals surface area contributed by atoms with Crippen molar-refractivity contribution in [3.8, 4) is 0 Å². The van der Waals surface area contributed by atoms with E-state index in [1.807, 2.05) is 0 Å². The number of anilines is 2. The summed E-state index contributed by atoms with van der Waals surface area (Å²) in [6, 6.07) is 2.70. The van der Waals surface area contributed by atoms with Crippen molar-refractivity contribution in [2.24, 2.45) is 5.73 Å². The summed E-state index contributed by atoms with van der Waals surface area (Å²) in [6.45, 7) is 1.59. The number of amides is 2. The highest BCUT2D eigenvalue weighted by Crippen LogP contribution is 2.32. The van der Waals surface area contributed by atoms with E-state index in [9.17, 15) is 9.59 Å². The van der Waals surface area contributed by atoms with E-state index in [2.05, 4.69) is 10.6 Å². The fraction of sp³-hybridized carbons (Fsp3) is 0.273. The van der Waals surface area contributed by atoms with Crippen LogP contribution in [0.25, 0.3) is 0 Å². The van der Waals surface area contributed by atoms with Crippen LogP contribution in [0.15, 0.2) is 12.1 Å². The van der Waals surface area contributed by atoms with Gasteiger partial charge in [-0.25, -0.2) is 0 Å². The van der Waals surface area contributed by atoms with Gasteiger partial charge < -0.3 is 16.4 Å². The summed E-state index contributed by atoms with van der Waals surface area (Å²) in [7, 11) is 0. The van der Waals surface area contributed by atoms with E-state index in [-0.39, 0.29) is 11.8 Å². The lowest BCUT2D eigenvalue weighted by Gasteiger charge is -2.11. The Morgan fingerprint density at radius 3 is 2.94 bits per heavy atom. The normalized spacial score (nSPS) is 15.1. The van der Waals surface area contributed by atoms with Crippen LogP contribution in [0.3, 0.4) is 0 Å². The van der Waals surface area contributed by atoms with Gasteiger partial charge in [-0.3, -0.25) is 9.59 Å². The molecule has 0 saturated heterocycles. The monoisotopic (exact) mass is 253 g/mol. The molecular formula is C11H12ClN3O2.